The van der Waals surface area contributed by atoms with Gasteiger partial charge in [0, 0.05) is 24.8 Å². The average Bonchev–Trinajstić information content (AvgIpc) is 2.87. The molecule has 3 rings (SSSR count). The number of aromatic amines is 1. The average molecular weight is 233 g/mol. The first-order valence-corrected chi connectivity index (χ1v) is 5.69. The molecule has 1 fully saturated rings. The number of nitrogens with zero attached hydrogens (tertiary/aromatic N) is 1. The molecular weight excluding hydrogens is 218 g/mol. The number of hydrogen-bond acceptors (Lipinski definition) is 4. The molecule has 0 unspecified atom stereocenters. The first kappa shape index (κ1) is 10.4. The van der Waals surface area contributed by atoms with Gasteiger partial charge in [-0.2, -0.15) is 0 Å². The Balaban J connectivity index is 1.91. The van der Waals surface area contributed by atoms with Crippen molar-refractivity contribution in [2.24, 2.45) is 5.73 Å². The van der Waals surface area contributed by atoms with Crippen LogP contribution >= 0.6 is 0 Å². The maximum Gasteiger partial charge on any atom is 0.417 e. The number of rotatable bonds is 3. The van der Waals surface area contributed by atoms with Gasteiger partial charge < -0.3 is 15.1 Å². The van der Waals surface area contributed by atoms with Crippen LogP contribution in [0.2, 0.25) is 0 Å². The van der Waals surface area contributed by atoms with E-state index in [9.17, 15) is 4.79 Å². The van der Waals surface area contributed by atoms with E-state index in [1.807, 2.05) is 19.2 Å². The molecule has 1 aromatic heterocycles. The Bertz CT molecular complexity index is 609. The Labute approximate surface area is 98.2 Å². The van der Waals surface area contributed by atoms with Gasteiger partial charge in [0.05, 0.1) is 5.52 Å². The molecule has 5 heteroatoms. The monoisotopic (exact) mass is 233 g/mol. The fourth-order valence-electron chi connectivity index (χ4n) is 2.06. The molecule has 1 aliphatic rings. The van der Waals surface area contributed by atoms with Gasteiger partial charge in [-0.15, -0.1) is 0 Å². The molecule has 3 N–H and O–H groups in total. The van der Waals surface area contributed by atoms with Crippen molar-refractivity contribution >= 4 is 16.8 Å². The highest BCUT2D eigenvalue weighted by Crippen LogP contribution is 2.34. The molecule has 0 amide bonds. The second kappa shape index (κ2) is 3.37. The third-order valence-corrected chi connectivity index (χ3v) is 3.29. The summed E-state index contributed by atoms with van der Waals surface area (Å²) >= 11 is 0. The normalized spacial score (nSPS) is 17.3. The number of nitrogens with one attached hydrogen (secondary N) is 1. The highest BCUT2D eigenvalue weighted by atomic mass is 16.4. The molecule has 0 aliphatic heterocycles. The van der Waals surface area contributed by atoms with Crippen molar-refractivity contribution in [2.75, 3.05) is 18.5 Å². The van der Waals surface area contributed by atoms with Gasteiger partial charge in [-0.3, -0.25) is 4.98 Å². The van der Waals surface area contributed by atoms with Crippen LogP contribution in [0.15, 0.2) is 27.4 Å². The minimum absolute atomic E-state index is 0.0203. The number of H-pyrrole nitrogens is 1. The zero-order valence-electron chi connectivity index (χ0n) is 9.69. The molecule has 5 nitrogen and oxygen atoms in total. The van der Waals surface area contributed by atoms with E-state index in [2.05, 4.69) is 9.88 Å². The smallest absolute Gasteiger partial charge is 0.408 e. The molecule has 17 heavy (non-hydrogen) atoms. The number of aromatic nitrogens is 1. The first-order chi connectivity index (χ1) is 8.06. The van der Waals surface area contributed by atoms with E-state index in [4.69, 9.17) is 10.2 Å². The molecule has 0 saturated heterocycles. The van der Waals surface area contributed by atoms with Crippen LogP contribution in [0, 0.1) is 0 Å². The second-order valence-electron chi connectivity index (χ2n) is 4.91. The predicted octanol–water partition coefficient (Wildman–Crippen LogP) is 1.05. The van der Waals surface area contributed by atoms with Crippen LogP contribution in [0.1, 0.15) is 12.8 Å². The van der Waals surface area contributed by atoms with E-state index in [1.54, 1.807) is 6.07 Å². The van der Waals surface area contributed by atoms with Gasteiger partial charge in [0.1, 0.15) is 0 Å². The summed E-state index contributed by atoms with van der Waals surface area (Å²) in [5, 5.41) is 0. The summed E-state index contributed by atoms with van der Waals surface area (Å²) < 4.78 is 4.96. The zero-order valence-corrected chi connectivity index (χ0v) is 9.69. The number of benzene rings is 1. The Morgan fingerprint density at radius 3 is 3.00 bits per heavy atom. The molecule has 90 valence electrons. The third kappa shape index (κ3) is 1.93. The van der Waals surface area contributed by atoms with Crippen molar-refractivity contribution in [3.63, 3.8) is 0 Å². The highest BCUT2D eigenvalue weighted by Gasteiger charge is 2.39. The van der Waals surface area contributed by atoms with E-state index in [-0.39, 0.29) is 5.54 Å². The Morgan fingerprint density at radius 2 is 2.29 bits per heavy atom. The maximum absolute atomic E-state index is 11.1. The van der Waals surface area contributed by atoms with Gasteiger partial charge >= 0.3 is 5.76 Å². The van der Waals surface area contributed by atoms with E-state index < -0.39 is 5.76 Å². The van der Waals surface area contributed by atoms with Crippen molar-refractivity contribution in [1.82, 2.24) is 4.98 Å². The van der Waals surface area contributed by atoms with Gasteiger partial charge in [-0.25, -0.2) is 4.79 Å². The number of hydrogen-bond donors (Lipinski definition) is 2. The molecule has 2 aromatic rings. The molecule has 1 heterocycles. The number of fused-ring (bicyclic) bond motifs is 1. The van der Waals surface area contributed by atoms with Crippen LogP contribution in [0.4, 0.5) is 5.69 Å². The topological polar surface area (TPSA) is 75.3 Å². The zero-order chi connectivity index (χ0) is 12.0. The summed E-state index contributed by atoms with van der Waals surface area (Å²) in [5.41, 5.74) is 8.40. The van der Waals surface area contributed by atoms with Crippen LogP contribution < -0.4 is 16.4 Å². The summed E-state index contributed by atoms with van der Waals surface area (Å²) in [7, 11) is 2.01. The van der Waals surface area contributed by atoms with Crippen molar-refractivity contribution in [3.05, 3.63) is 28.7 Å². The quantitative estimate of drug-likeness (QED) is 0.830. The Hall–Kier alpha value is -1.75. The van der Waals surface area contributed by atoms with Crippen LogP contribution in [0.5, 0.6) is 0 Å². The lowest BCUT2D eigenvalue weighted by atomic mass is 10.2. The van der Waals surface area contributed by atoms with E-state index >= 15 is 0 Å². The van der Waals surface area contributed by atoms with Gasteiger partial charge in [0.15, 0.2) is 5.58 Å². The van der Waals surface area contributed by atoms with Crippen LogP contribution in [0.3, 0.4) is 0 Å². The standard InChI is InChI=1S/C12H15N3O2/c1-15(7-12(13)4-5-12)8-2-3-10-9(6-8)14-11(16)17-10/h2-3,6H,4-5,7,13H2,1H3,(H,14,16). The highest BCUT2D eigenvalue weighted by molar-refractivity contribution is 5.77. The van der Waals surface area contributed by atoms with Crippen LogP contribution in [-0.2, 0) is 0 Å². The van der Waals surface area contributed by atoms with E-state index in [1.165, 1.54) is 0 Å². The van der Waals surface area contributed by atoms with Gasteiger partial charge in [-0.1, -0.05) is 0 Å². The molecule has 0 bridgehead atoms. The maximum atomic E-state index is 11.1. The summed E-state index contributed by atoms with van der Waals surface area (Å²) in [5.74, 6) is -0.419. The third-order valence-electron chi connectivity index (χ3n) is 3.29. The van der Waals surface area contributed by atoms with Crippen LogP contribution in [0.25, 0.3) is 11.1 Å². The Kier molecular flexibility index (Phi) is 2.06. The summed E-state index contributed by atoms with van der Waals surface area (Å²) in [6.45, 7) is 0.834. The second-order valence-corrected chi connectivity index (χ2v) is 4.91. The number of oxazole rings is 1. The lowest BCUT2D eigenvalue weighted by Crippen LogP contribution is -2.37. The minimum Gasteiger partial charge on any atom is -0.408 e. The molecule has 1 aliphatic carbocycles. The molecule has 0 radical (unpaired) electrons. The number of anilines is 1. The molecule has 0 spiro atoms. The largest absolute Gasteiger partial charge is 0.417 e. The van der Waals surface area contributed by atoms with Gasteiger partial charge in [0.25, 0.3) is 0 Å². The number of likely N-dealkylation sites (N-methyl/N-ethyl adjacent to an activating group) is 1. The molecular formula is C12H15N3O2. The van der Waals surface area contributed by atoms with Gasteiger partial charge in [0.2, 0.25) is 0 Å². The lowest BCUT2D eigenvalue weighted by Gasteiger charge is -2.22. The molecule has 1 saturated carbocycles. The van der Waals surface area contributed by atoms with Crippen molar-refractivity contribution in [1.29, 1.82) is 0 Å². The fraction of sp³-hybridized carbons (Fsp3) is 0.417. The predicted molar refractivity (Wildman–Crippen MR) is 66.3 cm³/mol. The summed E-state index contributed by atoms with van der Waals surface area (Å²) in [6.07, 6.45) is 2.17. The van der Waals surface area contributed by atoms with Crippen LogP contribution in [-0.4, -0.2) is 24.1 Å². The van der Waals surface area contributed by atoms with Crippen molar-refractivity contribution in [2.45, 2.75) is 18.4 Å². The summed E-state index contributed by atoms with van der Waals surface area (Å²) in [4.78, 5) is 15.8. The molecule has 1 aromatic carbocycles. The lowest BCUT2D eigenvalue weighted by molar-refractivity contribution is 0.555. The summed E-state index contributed by atoms with van der Waals surface area (Å²) in [6, 6.07) is 5.64. The number of nitrogens with two attached hydrogens (primary N) is 1. The fourth-order valence-corrected chi connectivity index (χ4v) is 2.06. The minimum atomic E-state index is -0.419. The van der Waals surface area contributed by atoms with E-state index in [0.717, 1.165) is 30.6 Å². The SMILES string of the molecule is CN(CC1(N)CC1)c1ccc2oc(=O)[nH]c2c1. The van der Waals surface area contributed by atoms with Crippen molar-refractivity contribution < 1.29 is 4.42 Å². The van der Waals surface area contributed by atoms with Crippen molar-refractivity contribution in [3.8, 4) is 0 Å². The first-order valence-electron chi connectivity index (χ1n) is 5.69. The Morgan fingerprint density at radius 1 is 1.53 bits per heavy atom. The van der Waals surface area contributed by atoms with E-state index in [0.29, 0.717) is 5.58 Å². The molecule has 0 atom stereocenters. The van der Waals surface area contributed by atoms with Gasteiger partial charge in [-0.05, 0) is 31.0 Å².